The van der Waals surface area contributed by atoms with Crippen LogP contribution in [0.15, 0.2) is 55.0 Å². The SMILES string of the molecule is O=C(CN1C(=O)NC2(CCC(F)(F)CC2)C1=O)c1ccc(-c2ccn3ccnc3c2)cc1. The molecule has 1 aromatic carbocycles. The molecule has 32 heavy (non-hydrogen) atoms. The second-order valence-corrected chi connectivity index (χ2v) is 8.37. The summed E-state index contributed by atoms with van der Waals surface area (Å²) < 4.78 is 28.9. The maximum absolute atomic E-state index is 13.5. The van der Waals surface area contributed by atoms with Gasteiger partial charge in [0.25, 0.3) is 5.91 Å². The Balaban J connectivity index is 1.29. The van der Waals surface area contributed by atoms with Crippen molar-refractivity contribution in [2.24, 2.45) is 0 Å². The fraction of sp³-hybridized carbons (Fsp3) is 0.304. The van der Waals surface area contributed by atoms with Crippen molar-refractivity contribution < 1.29 is 23.2 Å². The number of nitrogens with one attached hydrogen (secondary N) is 1. The molecule has 0 unspecified atom stereocenters. The van der Waals surface area contributed by atoms with Gasteiger partial charge < -0.3 is 9.72 Å². The van der Waals surface area contributed by atoms with Crippen LogP contribution < -0.4 is 5.32 Å². The second-order valence-electron chi connectivity index (χ2n) is 8.37. The van der Waals surface area contributed by atoms with Gasteiger partial charge in [0.05, 0.1) is 6.54 Å². The van der Waals surface area contributed by atoms with Crippen LogP contribution in [0.1, 0.15) is 36.0 Å². The van der Waals surface area contributed by atoms with Gasteiger partial charge in [0.2, 0.25) is 5.92 Å². The first-order valence-electron chi connectivity index (χ1n) is 10.3. The third-order valence-corrected chi connectivity index (χ3v) is 6.32. The zero-order valence-electron chi connectivity index (χ0n) is 17.1. The van der Waals surface area contributed by atoms with E-state index in [-0.39, 0.29) is 12.8 Å². The van der Waals surface area contributed by atoms with Crippen LogP contribution in [0.5, 0.6) is 0 Å². The molecule has 2 fully saturated rings. The molecular weight excluding hydrogens is 418 g/mol. The zero-order chi connectivity index (χ0) is 22.5. The van der Waals surface area contributed by atoms with Gasteiger partial charge in [-0.05, 0) is 36.1 Å². The predicted octanol–water partition coefficient (Wildman–Crippen LogP) is 3.68. The molecule has 3 heterocycles. The minimum atomic E-state index is -2.83. The third kappa shape index (κ3) is 3.43. The quantitative estimate of drug-likeness (QED) is 0.498. The molecule has 5 rings (SSSR count). The number of Topliss-reactive ketones (excluding diaryl/α,β-unsaturated/α-hetero) is 1. The topological polar surface area (TPSA) is 83.8 Å². The number of carbonyl (C=O) groups is 3. The molecule has 1 aliphatic carbocycles. The van der Waals surface area contributed by atoms with E-state index in [1.165, 1.54) is 0 Å². The van der Waals surface area contributed by atoms with Gasteiger partial charge in [-0.15, -0.1) is 0 Å². The molecule has 1 saturated heterocycles. The number of ketones is 1. The molecule has 1 N–H and O–H groups in total. The third-order valence-electron chi connectivity index (χ3n) is 6.32. The van der Waals surface area contributed by atoms with E-state index < -0.39 is 48.6 Å². The first-order valence-corrected chi connectivity index (χ1v) is 10.3. The average Bonchev–Trinajstić information content (AvgIpc) is 3.34. The van der Waals surface area contributed by atoms with Crippen molar-refractivity contribution >= 4 is 23.4 Å². The van der Waals surface area contributed by atoms with E-state index in [4.69, 9.17) is 0 Å². The first-order chi connectivity index (χ1) is 15.3. The molecule has 2 aromatic heterocycles. The summed E-state index contributed by atoms with van der Waals surface area (Å²) in [6, 6.07) is 10.0. The van der Waals surface area contributed by atoms with Crippen LogP contribution in [0.3, 0.4) is 0 Å². The van der Waals surface area contributed by atoms with Gasteiger partial charge >= 0.3 is 6.03 Å². The number of hydrogen-bond acceptors (Lipinski definition) is 4. The molecule has 2 aliphatic rings. The van der Waals surface area contributed by atoms with Crippen molar-refractivity contribution in [2.75, 3.05) is 6.54 Å². The number of fused-ring (bicyclic) bond motifs is 1. The Labute approximate surface area is 182 Å². The highest BCUT2D eigenvalue weighted by molar-refractivity contribution is 6.11. The highest BCUT2D eigenvalue weighted by atomic mass is 19.3. The Morgan fingerprint density at radius 3 is 2.44 bits per heavy atom. The van der Waals surface area contributed by atoms with Gasteiger partial charge in [0.1, 0.15) is 11.2 Å². The largest absolute Gasteiger partial charge is 0.325 e. The number of alkyl halides is 2. The zero-order valence-corrected chi connectivity index (χ0v) is 17.1. The maximum atomic E-state index is 13.5. The summed E-state index contributed by atoms with van der Waals surface area (Å²) in [6.07, 6.45) is 4.25. The molecular formula is C23H20F2N4O3. The molecule has 3 aromatic rings. The van der Waals surface area contributed by atoms with E-state index >= 15 is 0 Å². The number of aromatic nitrogens is 2. The summed E-state index contributed by atoms with van der Waals surface area (Å²) in [4.78, 5) is 43.0. The van der Waals surface area contributed by atoms with Crippen LogP contribution in [0.2, 0.25) is 0 Å². The highest BCUT2D eigenvalue weighted by Gasteiger charge is 2.55. The van der Waals surface area contributed by atoms with Gasteiger partial charge in [0, 0.05) is 37.0 Å². The minimum Gasteiger partial charge on any atom is -0.323 e. The van der Waals surface area contributed by atoms with Gasteiger partial charge in [0.15, 0.2) is 5.78 Å². The lowest BCUT2D eigenvalue weighted by Crippen LogP contribution is -2.51. The Morgan fingerprint density at radius 2 is 1.72 bits per heavy atom. The normalized spacial score (nSPS) is 19.5. The van der Waals surface area contributed by atoms with Crippen LogP contribution in [0, 0.1) is 0 Å². The van der Waals surface area contributed by atoms with E-state index in [1.807, 2.05) is 28.9 Å². The van der Waals surface area contributed by atoms with E-state index in [2.05, 4.69) is 10.3 Å². The van der Waals surface area contributed by atoms with Crippen LogP contribution in [-0.4, -0.2) is 50.0 Å². The molecule has 1 aliphatic heterocycles. The number of rotatable bonds is 4. The predicted molar refractivity (Wildman–Crippen MR) is 111 cm³/mol. The van der Waals surface area contributed by atoms with Crippen molar-refractivity contribution in [1.82, 2.24) is 19.6 Å². The number of imide groups is 1. The molecule has 3 amide bonds. The lowest BCUT2D eigenvalue weighted by Gasteiger charge is -2.34. The van der Waals surface area contributed by atoms with Crippen LogP contribution in [0.4, 0.5) is 13.6 Å². The monoisotopic (exact) mass is 438 g/mol. The van der Waals surface area contributed by atoms with E-state index in [9.17, 15) is 23.2 Å². The molecule has 1 saturated carbocycles. The van der Waals surface area contributed by atoms with Gasteiger partial charge in [-0.25, -0.2) is 18.6 Å². The number of imidazole rings is 1. The van der Waals surface area contributed by atoms with E-state index in [1.54, 1.807) is 30.5 Å². The standard InChI is InChI=1S/C23H20F2N4O3/c24-23(25)8-6-22(7-9-23)20(31)29(21(32)27-22)14-18(30)16-3-1-15(2-4-16)17-5-11-28-12-10-26-19(28)13-17/h1-5,10-13H,6-9,14H2,(H,27,32). The molecule has 164 valence electrons. The first kappa shape index (κ1) is 20.3. The van der Waals surface area contributed by atoms with Crippen LogP contribution in [-0.2, 0) is 4.79 Å². The smallest absolute Gasteiger partial charge is 0.323 e. The summed E-state index contributed by atoms with van der Waals surface area (Å²) in [5.41, 5.74) is 1.66. The summed E-state index contributed by atoms with van der Waals surface area (Å²) in [7, 11) is 0. The Bertz CT molecular complexity index is 1230. The Kier molecular flexibility index (Phi) is 4.58. The number of urea groups is 1. The average molecular weight is 438 g/mol. The van der Waals surface area contributed by atoms with Gasteiger partial charge in [-0.1, -0.05) is 24.3 Å². The number of carbonyl (C=O) groups excluding carboxylic acids is 3. The molecule has 1 spiro atoms. The van der Waals surface area contributed by atoms with Gasteiger partial charge in [-0.2, -0.15) is 0 Å². The minimum absolute atomic E-state index is 0.134. The summed E-state index contributed by atoms with van der Waals surface area (Å²) in [5, 5.41) is 2.55. The number of halogens is 2. The number of nitrogens with zero attached hydrogens (tertiary/aromatic N) is 3. The van der Waals surface area contributed by atoms with Crippen LogP contribution >= 0.6 is 0 Å². The molecule has 0 bridgehead atoms. The maximum Gasteiger partial charge on any atom is 0.325 e. The Morgan fingerprint density at radius 1 is 1.00 bits per heavy atom. The summed E-state index contributed by atoms with van der Waals surface area (Å²) in [6.45, 7) is -0.428. The van der Waals surface area contributed by atoms with Crippen molar-refractivity contribution in [3.8, 4) is 11.1 Å². The molecule has 0 atom stereocenters. The van der Waals surface area contributed by atoms with Gasteiger partial charge in [-0.3, -0.25) is 14.5 Å². The van der Waals surface area contributed by atoms with Crippen molar-refractivity contribution in [2.45, 2.75) is 37.1 Å². The number of hydrogen-bond donors (Lipinski definition) is 1. The summed E-state index contributed by atoms with van der Waals surface area (Å²) in [5.74, 6) is -3.83. The summed E-state index contributed by atoms with van der Waals surface area (Å²) >= 11 is 0. The fourth-order valence-electron chi connectivity index (χ4n) is 4.37. The van der Waals surface area contributed by atoms with E-state index in [0.29, 0.717) is 5.56 Å². The van der Waals surface area contributed by atoms with Crippen molar-refractivity contribution in [1.29, 1.82) is 0 Å². The van der Waals surface area contributed by atoms with Crippen LogP contribution in [0.25, 0.3) is 16.8 Å². The lowest BCUT2D eigenvalue weighted by molar-refractivity contribution is -0.135. The Hall–Kier alpha value is -3.62. The molecule has 9 heteroatoms. The van der Waals surface area contributed by atoms with E-state index in [0.717, 1.165) is 21.7 Å². The molecule has 0 radical (unpaired) electrons. The fourth-order valence-corrected chi connectivity index (χ4v) is 4.37. The second kappa shape index (κ2) is 7.22. The lowest BCUT2D eigenvalue weighted by atomic mass is 9.80. The molecule has 7 nitrogen and oxygen atoms in total. The highest BCUT2D eigenvalue weighted by Crippen LogP contribution is 2.41. The van der Waals surface area contributed by atoms with Crippen molar-refractivity contribution in [3.63, 3.8) is 0 Å². The number of amides is 3. The number of pyridine rings is 1. The number of benzene rings is 1. The van der Waals surface area contributed by atoms with Crippen molar-refractivity contribution in [3.05, 3.63) is 60.6 Å².